The van der Waals surface area contributed by atoms with Gasteiger partial charge in [-0.25, -0.2) is 4.39 Å². The zero-order valence-electron chi connectivity index (χ0n) is 13.8. The van der Waals surface area contributed by atoms with E-state index in [1.165, 1.54) is 4.90 Å². The van der Waals surface area contributed by atoms with Crippen LogP contribution in [0.3, 0.4) is 0 Å². The van der Waals surface area contributed by atoms with Gasteiger partial charge in [-0.15, -0.1) is 0 Å². The third-order valence-corrected chi connectivity index (χ3v) is 4.86. The van der Waals surface area contributed by atoms with Crippen molar-refractivity contribution < 1.29 is 31.9 Å². The molecule has 1 saturated heterocycles. The molecular weight excluding hydrogens is 356 g/mol. The van der Waals surface area contributed by atoms with E-state index in [2.05, 4.69) is 5.32 Å². The summed E-state index contributed by atoms with van der Waals surface area (Å²) in [7, 11) is 0. The largest absolute Gasteiger partial charge is 0.395 e. The first-order chi connectivity index (χ1) is 12.1. The van der Waals surface area contributed by atoms with E-state index >= 15 is 0 Å². The van der Waals surface area contributed by atoms with Crippen molar-refractivity contribution in [2.24, 2.45) is 5.92 Å². The number of benzene rings is 1. The molecule has 3 amide bonds. The topological polar surface area (TPSA) is 66.5 Å². The molecule has 26 heavy (non-hydrogen) atoms. The van der Waals surface area contributed by atoms with Crippen molar-refractivity contribution in [1.82, 2.24) is 10.2 Å². The number of fused-ring (bicyclic) bond motifs is 1. The fourth-order valence-electron chi connectivity index (χ4n) is 3.37. The Morgan fingerprint density at radius 1 is 1.27 bits per heavy atom. The Hall–Kier alpha value is -2.45. The first-order valence-corrected chi connectivity index (χ1v) is 8.08. The quantitative estimate of drug-likeness (QED) is 0.493. The predicted octanol–water partition coefficient (Wildman–Crippen LogP) is 2.39. The number of carbonyl (C=O) groups excluding carboxylic acids is 3. The fourth-order valence-corrected chi connectivity index (χ4v) is 3.37. The van der Waals surface area contributed by atoms with E-state index in [1.807, 2.05) is 0 Å². The third kappa shape index (κ3) is 3.30. The van der Waals surface area contributed by atoms with Crippen LogP contribution in [0.1, 0.15) is 42.4 Å². The average molecular weight is 372 g/mol. The zero-order valence-corrected chi connectivity index (χ0v) is 13.8. The normalized spacial score (nSPS) is 21.4. The van der Waals surface area contributed by atoms with Crippen molar-refractivity contribution in [1.29, 1.82) is 0 Å². The van der Waals surface area contributed by atoms with Crippen molar-refractivity contribution >= 4 is 17.7 Å². The lowest BCUT2D eigenvalue weighted by Gasteiger charge is -2.25. The number of rotatable bonds is 2. The third-order valence-electron chi connectivity index (χ3n) is 4.86. The number of hydrogen-bond donors (Lipinski definition) is 1. The predicted molar refractivity (Wildman–Crippen MR) is 81.0 cm³/mol. The molecule has 2 atom stereocenters. The minimum absolute atomic E-state index is 0.0217. The summed E-state index contributed by atoms with van der Waals surface area (Å²) in [5.74, 6) is -5.49. The number of amides is 3. The van der Waals surface area contributed by atoms with Gasteiger partial charge in [0, 0.05) is 19.5 Å². The molecule has 0 bridgehead atoms. The Bertz CT molecular complexity index is 791. The summed E-state index contributed by atoms with van der Waals surface area (Å²) in [5.41, 5.74) is 0.361. The minimum Gasteiger partial charge on any atom is -0.333 e. The second-order valence-electron chi connectivity index (χ2n) is 6.59. The van der Waals surface area contributed by atoms with Crippen molar-refractivity contribution in [3.05, 3.63) is 34.6 Å². The van der Waals surface area contributed by atoms with Crippen molar-refractivity contribution in [3.8, 4) is 0 Å². The molecule has 2 aliphatic heterocycles. The van der Waals surface area contributed by atoms with E-state index in [0.29, 0.717) is 5.56 Å². The Kier molecular flexibility index (Phi) is 4.49. The van der Waals surface area contributed by atoms with Crippen LogP contribution in [0.25, 0.3) is 0 Å². The van der Waals surface area contributed by atoms with Gasteiger partial charge in [-0.3, -0.25) is 19.7 Å². The van der Waals surface area contributed by atoms with Crippen LogP contribution >= 0.6 is 0 Å². The summed E-state index contributed by atoms with van der Waals surface area (Å²) in [6, 6.07) is 1.95. The van der Waals surface area contributed by atoms with Crippen LogP contribution < -0.4 is 5.32 Å². The molecule has 0 radical (unpaired) electrons. The summed E-state index contributed by atoms with van der Waals surface area (Å²) >= 11 is 0. The first-order valence-electron chi connectivity index (χ1n) is 8.08. The fraction of sp³-hybridized carbons (Fsp3) is 0.471. The van der Waals surface area contributed by atoms with Gasteiger partial charge in [-0.2, -0.15) is 13.2 Å². The van der Waals surface area contributed by atoms with Crippen LogP contribution in [0.5, 0.6) is 0 Å². The second kappa shape index (κ2) is 6.37. The van der Waals surface area contributed by atoms with Crippen LogP contribution in [0.15, 0.2) is 12.1 Å². The molecule has 9 heteroatoms. The second-order valence-corrected chi connectivity index (χ2v) is 6.59. The van der Waals surface area contributed by atoms with Crippen LogP contribution in [0, 0.1) is 11.7 Å². The lowest BCUT2D eigenvalue weighted by Crippen LogP contribution is -2.47. The number of halogens is 4. The van der Waals surface area contributed by atoms with Crippen LogP contribution in [0.4, 0.5) is 17.6 Å². The number of alkyl halides is 3. The monoisotopic (exact) mass is 372 g/mol. The molecule has 0 saturated carbocycles. The van der Waals surface area contributed by atoms with E-state index in [9.17, 15) is 31.9 Å². The molecule has 2 heterocycles. The Labute approximate surface area is 146 Å². The lowest BCUT2D eigenvalue weighted by molar-refractivity contribution is -0.147. The maximum absolute atomic E-state index is 13.8. The Balaban J connectivity index is 1.86. The number of hydrogen-bond acceptors (Lipinski definition) is 3. The van der Waals surface area contributed by atoms with E-state index in [-0.39, 0.29) is 37.1 Å². The van der Waals surface area contributed by atoms with Gasteiger partial charge in [0.15, 0.2) is 0 Å². The first kappa shape index (κ1) is 18.3. The van der Waals surface area contributed by atoms with E-state index in [1.54, 1.807) is 0 Å². The molecule has 1 unspecified atom stereocenters. The number of nitrogens with zero attached hydrogens (tertiary/aromatic N) is 1. The number of carbonyl (C=O) groups is 3. The van der Waals surface area contributed by atoms with Crippen molar-refractivity contribution in [2.75, 3.05) is 0 Å². The molecule has 1 N–H and O–H groups in total. The van der Waals surface area contributed by atoms with Gasteiger partial charge in [0.25, 0.3) is 0 Å². The minimum atomic E-state index is -4.54. The molecule has 5 nitrogen and oxygen atoms in total. The average Bonchev–Trinajstić information content (AvgIpc) is 2.95. The smallest absolute Gasteiger partial charge is 0.333 e. The molecule has 1 aromatic carbocycles. The Morgan fingerprint density at radius 3 is 2.58 bits per heavy atom. The van der Waals surface area contributed by atoms with Gasteiger partial charge in [0.1, 0.15) is 11.7 Å². The van der Waals surface area contributed by atoms with E-state index in [4.69, 9.17) is 0 Å². The SMILES string of the molecule is C[C@H](c1cc(F)cc2c1CN(C(=O)C1CCC(=O)NC1=O)C2)C(F)(F)F. The summed E-state index contributed by atoms with van der Waals surface area (Å²) in [4.78, 5) is 36.9. The maximum Gasteiger partial charge on any atom is 0.395 e. The highest BCUT2D eigenvalue weighted by Crippen LogP contribution is 2.40. The van der Waals surface area contributed by atoms with Gasteiger partial charge in [0.2, 0.25) is 17.7 Å². The Morgan fingerprint density at radius 2 is 1.96 bits per heavy atom. The van der Waals surface area contributed by atoms with Gasteiger partial charge in [-0.1, -0.05) is 0 Å². The number of piperidine rings is 1. The highest BCUT2D eigenvalue weighted by molar-refractivity contribution is 6.08. The molecule has 1 aromatic rings. The highest BCUT2D eigenvalue weighted by Gasteiger charge is 2.42. The number of imide groups is 1. The van der Waals surface area contributed by atoms with Gasteiger partial charge in [0.05, 0.1) is 5.92 Å². The molecule has 1 fully saturated rings. The molecule has 3 rings (SSSR count). The van der Waals surface area contributed by atoms with Crippen LogP contribution in [-0.2, 0) is 27.5 Å². The van der Waals surface area contributed by atoms with Crippen molar-refractivity contribution in [2.45, 2.75) is 44.9 Å². The molecule has 2 aliphatic rings. The number of nitrogens with one attached hydrogen (secondary N) is 1. The van der Waals surface area contributed by atoms with Gasteiger partial charge in [-0.05, 0) is 42.2 Å². The summed E-state index contributed by atoms with van der Waals surface area (Å²) in [5, 5.41) is 2.08. The molecule has 0 aromatic heterocycles. The summed E-state index contributed by atoms with van der Waals surface area (Å²) in [6.07, 6.45) is -4.47. The summed E-state index contributed by atoms with van der Waals surface area (Å²) < 4.78 is 53.0. The van der Waals surface area contributed by atoms with Gasteiger partial charge < -0.3 is 4.90 Å². The zero-order chi connectivity index (χ0) is 19.2. The summed E-state index contributed by atoms with van der Waals surface area (Å²) in [6.45, 7) is 0.753. The molecule has 140 valence electrons. The molecular formula is C17H16F4N2O3. The van der Waals surface area contributed by atoms with Gasteiger partial charge >= 0.3 is 6.18 Å². The van der Waals surface area contributed by atoms with Crippen LogP contribution in [-0.4, -0.2) is 28.8 Å². The van der Waals surface area contributed by atoms with Crippen LogP contribution in [0.2, 0.25) is 0 Å². The van der Waals surface area contributed by atoms with Crippen molar-refractivity contribution in [3.63, 3.8) is 0 Å². The molecule has 0 spiro atoms. The van der Waals surface area contributed by atoms with E-state index < -0.39 is 41.6 Å². The standard InChI is InChI=1S/C17H16F4N2O3/c1-8(17(19,20)21)12-5-10(18)4-9-6-23(7-13(9)12)16(26)11-2-3-14(24)22-15(11)25/h4-5,8,11H,2-3,6-7H2,1H3,(H,22,24,25)/t8-,11?/m1/s1. The maximum atomic E-state index is 13.8. The van der Waals surface area contributed by atoms with E-state index in [0.717, 1.165) is 19.1 Å². The highest BCUT2D eigenvalue weighted by atomic mass is 19.4. The molecule has 0 aliphatic carbocycles. The lowest BCUT2D eigenvalue weighted by atomic mass is 9.93.